The highest BCUT2D eigenvalue weighted by molar-refractivity contribution is 6.30. The number of piperazine rings is 1. The molecule has 1 saturated heterocycles. The van der Waals surface area contributed by atoms with E-state index >= 15 is 0 Å². The second-order valence-corrected chi connectivity index (χ2v) is 8.24. The van der Waals surface area contributed by atoms with Gasteiger partial charge in [0.15, 0.2) is 0 Å². The fraction of sp³-hybridized carbons (Fsp3) is 0.208. The van der Waals surface area contributed by atoms with Crippen molar-refractivity contribution in [3.05, 3.63) is 77.7 Å². The lowest BCUT2D eigenvalue weighted by Crippen LogP contribution is -2.49. The summed E-state index contributed by atoms with van der Waals surface area (Å²) in [5, 5.41) is 4.64. The maximum atomic E-state index is 13.2. The van der Waals surface area contributed by atoms with Crippen LogP contribution in [0.2, 0.25) is 5.02 Å². The number of anilines is 1. The van der Waals surface area contributed by atoms with Gasteiger partial charge in [-0.2, -0.15) is 4.98 Å². The molecule has 0 aliphatic carbocycles. The molecule has 1 amide bonds. The Kier molecular flexibility index (Phi) is 5.83. The maximum absolute atomic E-state index is 13.2. The van der Waals surface area contributed by atoms with Crippen molar-refractivity contribution in [3.63, 3.8) is 0 Å². The lowest BCUT2D eigenvalue weighted by molar-refractivity contribution is -0.132. The number of benzene rings is 2. The number of hydrogen-bond donors (Lipinski definition) is 0. The number of aromatic nitrogens is 3. The number of halogens is 2. The van der Waals surface area contributed by atoms with E-state index in [9.17, 15) is 9.18 Å². The Hall–Kier alpha value is -3.65. The third-order valence-corrected chi connectivity index (χ3v) is 5.92. The van der Waals surface area contributed by atoms with Crippen LogP contribution < -0.4 is 4.90 Å². The molecule has 5 rings (SSSR count). The zero-order valence-electron chi connectivity index (χ0n) is 17.7. The molecule has 4 aromatic rings. The van der Waals surface area contributed by atoms with Crippen LogP contribution in [0, 0.1) is 5.82 Å². The van der Waals surface area contributed by atoms with Gasteiger partial charge in [0.25, 0.3) is 5.89 Å². The van der Waals surface area contributed by atoms with E-state index < -0.39 is 0 Å². The summed E-state index contributed by atoms with van der Waals surface area (Å²) < 4.78 is 20.4. The topological polar surface area (TPSA) is 67.4 Å². The highest BCUT2D eigenvalue weighted by Crippen LogP contribution is 2.25. The molecular formula is C24H21ClFN5O2. The molecule has 2 aromatic carbocycles. The number of carbonyl (C=O) groups is 1. The zero-order chi connectivity index (χ0) is 22.8. The zero-order valence-corrected chi connectivity index (χ0v) is 18.5. The Bertz CT molecular complexity index is 1260. The summed E-state index contributed by atoms with van der Waals surface area (Å²) in [4.78, 5) is 21.4. The van der Waals surface area contributed by atoms with Crippen molar-refractivity contribution in [2.45, 2.75) is 6.54 Å². The van der Waals surface area contributed by atoms with Gasteiger partial charge in [-0.05, 0) is 48.5 Å². The predicted molar refractivity (Wildman–Crippen MR) is 123 cm³/mol. The first-order chi connectivity index (χ1) is 16.1. The Morgan fingerprint density at radius 1 is 1.03 bits per heavy atom. The van der Waals surface area contributed by atoms with Gasteiger partial charge in [0.2, 0.25) is 11.7 Å². The summed E-state index contributed by atoms with van der Waals surface area (Å²) in [6, 6.07) is 17.4. The van der Waals surface area contributed by atoms with Gasteiger partial charge >= 0.3 is 0 Å². The average Bonchev–Trinajstić information content (AvgIpc) is 3.49. The van der Waals surface area contributed by atoms with E-state index in [0.29, 0.717) is 48.6 Å². The fourth-order valence-electron chi connectivity index (χ4n) is 3.93. The summed E-state index contributed by atoms with van der Waals surface area (Å²) in [5.74, 6) is 0.532. The van der Waals surface area contributed by atoms with E-state index in [0.717, 1.165) is 11.3 Å². The third kappa shape index (κ3) is 4.61. The first-order valence-corrected chi connectivity index (χ1v) is 11.0. The first kappa shape index (κ1) is 21.2. The highest BCUT2D eigenvalue weighted by atomic mass is 35.5. The quantitative estimate of drug-likeness (QED) is 0.438. The lowest BCUT2D eigenvalue weighted by Gasteiger charge is -2.36. The van der Waals surface area contributed by atoms with Gasteiger partial charge in [-0.25, -0.2) is 4.39 Å². The number of rotatable bonds is 5. The Balaban J connectivity index is 1.24. The van der Waals surface area contributed by atoms with Crippen LogP contribution in [0.1, 0.15) is 0 Å². The molecule has 1 aliphatic heterocycles. The molecule has 3 heterocycles. The normalized spacial score (nSPS) is 14.0. The number of hydrogen-bond acceptors (Lipinski definition) is 5. The van der Waals surface area contributed by atoms with E-state index in [1.165, 1.54) is 12.1 Å². The standard InChI is InChI=1S/C24H21ClFN5O2/c25-18-4-1-3-17(15-18)23-27-24(33-28-23)21-5-2-10-31(21)16-22(32)30-13-11-29(12-14-30)20-8-6-19(26)7-9-20/h1-10,15H,11-14,16H2. The molecule has 33 heavy (non-hydrogen) atoms. The Morgan fingerprint density at radius 3 is 2.58 bits per heavy atom. The molecule has 7 nitrogen and oxygen atoms in total. The fourth-order valence-corrected chi connectivity index (χ4v) is 4.12. The van der Waals surface area contributed by atoms with Gasteiger partial charge in [0.05, 0.1) is 0 Å². The molecule has 168 valence electrons. The van der Waals surface area contributed by atoms with Crippen LogP contribution in [0.5, 0.6) is 0 Å². The second-order valence-electron chi connectivity index (χ2n) is 7.80. The lowest BCUT2D eigenvalue weighted by atomic mass is 10.2. The van der Waals surface area contributed by atoms with Gasteiger partial charge in [-0.15, -0.1) is 0 Å². The molecule has 1 aliphatic rings. The number of amides is 1. The summed E-state index contributed by atoms with van der Waals surface area (Å²) in [6.45, 7) is 2.78. The monoisotopic (exact) mass is 465 g/mol. The third-order valence-electron chi connectivity index (χ3n) is 5.69. The second kappa shape index (κ2) is 9.07. The predicted octanol–water partition coefficient (Wildman–Crippen LogP) is 4.35. The Labute approximate surface area is 195 Å². The molecule has 1 fully saturated rings. The van der Waals surface area contributed by atoms with Crippen LogP contribution in [0.25, 0.3) is 23.0 Å². The van der Waals surface area contributed by atoms with Gasteiger partial charge in [0.1, 0.15) is 18.1 Å². The largest absolute Gasteiger partial charge is 0.368 e. The van der Waals surface area contributed by atoms with Gasteiger partial charge in [0, 0.05) is 48.6 Å². The van der Waals surface area contributed by atoms with E-state index in [4.69, 9.17) is 16.1 Å². The molecule has 0 bridgehead atoms. The summed E-state index contributed by atoms with van der Waals surface area (Å²) >= 11 is 6.06. The van der Waals surface area contributed by atoms with Crippen molar-refractivity contribution in [3.8, 4) is 23.0 Å². The number of carbonyl (C=O) groups excluding carboxylic acids is 1. The minimum Gasteiger partial charge on any atom is -0.368 e. The molecule has 0 unspecified atom stereocenters. The summed E-state index contributed by atoms with van der Waals surface area (Å²) in [5.41, 5.74) is 2.39. The van der Waals surface area contributed by atoms with E-state index in [1.807, 2.05) is 39.9 Å². The first-order valence-electron chi connectivity index (χ1n) is 10.6. The molecule has 0 spiro atoms. The molecule has 9 heteroatoms. The summed E-state index contributed by atoms with van der Waals surface area (Å²) in [6.07, 6.45) is 1.82. The van der Waals surface area contributed by atoms with Gasteiger partial charge in [-0.3, -0.25) is 4.79 Å². The van der Waals surface area contributed by atoms with Gasteiger partial charge < -0.3 is 18.9 Å². The van der Waals surface area contributed by atoms with Crippen molar-refractivity contribution in [1.82, 2.24) is 19.6 Å². The SMILES string of the molecule is O=C(Cn1cccc1-c1nc(-c2cccc(Cl)c2)no1)N1CCN(c2ccc(F)cc2)CC1. The molecule has 0 atom stereocenters. The van der Waals surface area contributed by atoms with E-state index in [2.05, 4.69) is 15.0 Å². The molecule has 0 saturated carbocycles. The van der Waals surface area contributed by atoms with Crippen LogP contribution in [-0.2, 0) is 11.3 Å². The molecule has 0 radical (unpaired) electrons. The molecule has 2 aromatic heterocycles. The van der Waals surface area contributed by atoms with Crippen molar-refractivity contribution in [2.24, 2.45) is 0 Å². The van der Waals surface area contributed by atoms with Crippen LogP contribution in [0.3, 0.4) is 0 Å². The van der Waals surface area contributed by atoms with Gasteiger partial charge in [-0.1, -0.05) is 28.9 Å². The number of nitrogens with zero attached hydrogens (tertiary/aromatic N) is 5. The van der Waals surface area contributed by atoms with Crippen molar-refractivity contribution >= 4 is 23.2 Å². The smallest absolute Gasteiger partial charge is 0.274 e. The summed E-state index contributed by atoms with van der Waals surface area (Å²) in [7, 11) is 0. The molecular weight excluding hydrogens is 445 g/mol. The minimum absolute atomic E-state index is 0.0146. The van der Waals surface area contributed by atoms with E-state index in [1.54, 1.807) is 24.3 Å². The highest BCUT2D eigenvalue weighted by Gasteiger charge is 2.23. The van der Waals surface area contributed by atoms with Crippen molar-refractivity contribution in [2.75, 3.05) is 31.1 Å². The Morgan fingerprint density at radius 2 is 1.82 bits per heavy atom. The van der Waals surface area contributed by atoms with Crippen LogP contribution in [-0.4, -0.2) is 51.7 Å². The average molecular weight is 466 g/mol. The van der Waals surface area contributed by atoms with E-state index in [-0.39, 0.29) is 18.3 Å². The molecule has 0 N–H and O–H groups in total. The van der Waals surface area contributed by atoms with Crippen molar-refractivity contribution < 1.29 is 13.7 Å². The van der Waals surface area contributed by atoms with Crippen LogP contribution in [0.4, 0.5) is 10.1 Å². The maximum Gasteiger partial charge on any atom is 0.274 e. The van der Waals surface area contributed by atoms with Crippen LogP contribution in [0.15, 0.2) is 71.4 Å². The van der Waals surface area contributed by atoms with Crippen LogP contribution >= 0.6 is 11.6 Å². The minimum atomic E-state index is -0.254. The van der Waals surface area contributed by atoms with Crippen molar-refractivity contribution in [1.29, 1.82) is 0 Å².